The second-order valence-corrected chi connectivity index (χ2v) is 3.43. The number of hydrogen-bond acceptors (Lipinski definition) is 3. The minimum Gasteiger partial charge on any atom is -0.339 e. The molecule has 0 fully saturated rings. The lowest BCUT2D eigenvalue weighted by atomic mass is 10.2. The van der Waals surface area contributed by atoms with E-state index >= 15 is 0 Å². The van der Waals surface area contributed by atoms with Crippen molar-refractivity contribution in [2.24, 2.45) is 0 Å². The van der Waals surface area contributed by atoms with Crippen molar-refractivity contribution in [2.75, 3.05) is 0 Å². The van der Waals surface area contributed by atoms with Gasteiger partial charge in [0.1, 0.15) is 17.2 Å². The van der Waals surface area contributed by atoms with Crippen LogP contribution in [0, 0.1) is 6.92 Å². The molecule has 0 spiro atoms. The molecule has 70 valence electrons. The van der Waals surface area contributed by atoms with Crippen LogP contribution in [0.1, 0.15) is 32.8 Å². The minimum absolute atomic E-state index is 0. The van der Waals surface area contributed by atoms with Crippen molar-refractivity contribution in [3.8, 4) is 0 Å². The van der Waals surface area contributed by atoms with Crippen LogP contribution in [0.5, 0.6) is 0 Å². The summed E-state index contributed by atoms with van der Waals surface area (Å²) in [6.07, 6.45) is 1.77. The first kappa shape index (κ1) is 8.16. The number of aromatic nitrogens is 4. The van der Waals surface area contributed by atoms with Gasteiger partial charge in [-0.15, -0.1) is 0 Å². The first-order valence-corrected chi connectivity index (χ1v) is 4.36. The van der Waals surface area contributed by atoms with E-state index < -0.39 is 0 Å². The molecule has 1 N–H and O–H groups in total. The zero-order valence-corrected chi connectivity index (χ0v) is 8.00. The molecule has 2 aromatic heterocycles. The molecule has 0 aliphatic carbocycles. The molecule has 4 heteroatoms. The molecule has 2 heterocycles. The van der Waals surface area contributed by atoms with Gasteiger partial charge in [0.25, 0.3) is 0 Å². The van der Waals surface area contributed by atoms with Crippen LogP contribution in [-0.2, 0) is 0 Å². The number of rotatable bonds is 1. The van der Waals surface area contributed by atoms with Crippen molar-refractivity contribution in [1.29, 1.82) is 0 Å². The highest BCUT2D eigenvalue weighted by molar-refractivity contribution is 5.69. The van der Waals surface area contributed by atoms with Crippen LogP contribution in [0.2, 0.25) is 0 Å². The molecule has 2 rings (SSSR count). The molecular formula is C9H14N4. The molecule has 0 saturated carbocycles. The van der Waals surface area contributed by atoms with E-state index in [0.717, 1.165) is 22.8 Å². The lowest BCUT2D eigenvalue weighted by Crippen LogP contribution is -1.88. The largest absolute Gasteiger partial charge is 0.339 e. The molecule has 0 atom stereocenters. The van der Waals surface area contributed by atoms with Crippen molar-refractivity contribution >= 4 is 11.2 Å². The summed E-state index contributed by atoms with van der Waals surface area (Å²) in [4.78, 5) is 15.9. The molecule has 0 amide bonds. The summed E-state index contributed by atoms with van der Waals surface area (Å²) in [7, 11) is 0. The smallest absolute Gasteiger partial charge is 0.181 e. The zero-order valence-electron chi connectivity index (χ0n) is 8.00. The van der Waals surface area contributed by atoms with E-state index in [1.165, 1.54) is 0 Å². The average molecular weight is 178 g/mol. The number of imidazole rings is 1. The van der Waals surface area contributed by atoms with Gasteiger partial charge in [-0.05, 0) is 6.92 Å². The standard InChI is InChI=1S/C9H12N4.H2/c1-5(2)8-12-7-4-10-6(3)11-9(7)13-8;/h4-5H,1-3H3,(H,10,11,12,13);1H. The maximum atomic E-state index is 4.37. The maximum absolute atomic E-state index is 4.37. The van der Waals surface area contributed by atoms with Crippen molar-refractivity contribution in [1.82, 2.24) is 19.9 Å². The number of hydrogen-bond donors (Lipinski definition) is 1. The number of aryl methyl sites for hydroxylation is 1. The number of nitrogens with zero attached hydrogens (tertiary/aromatic N) is 3. The highest BCUT2D eigenvalue weighted by Crippen LogP contribution is 2.14. The molecule has 13 heavy (non-hydrogen) atoms. The lowest BCUT2D eigenvalue weighted by Gasteiger charge is -1.95. The Morgan fingerprint density at radius 1 is 1.38 bits per heavy atom. The summed E-state index contributed by atoms with van der Waals surface area (Å²) in [5, 5.41) is 0. The summed E-state index contributed by atoms with van der Waals surface area (Å²) >= 11 is 0. The summed E-state index contributed by atoms with van der Waals surface area (Å²) in [5.41, 5.74) is 1.67. The third-order valence-electron chi connectivity index (χ3n) is 1.93. The van der Waals surface area contributed by atoms with E-state index in [2.05, 4.69) is 33.8 Å². The molecule has 0 bridgehead atoms. The predicted molar refractivity (Wildman–Crippen MR) is 52.6 cm³/mol. The van der Waals surface area contributed by atoms with Gasteiger partial charge in [-0.25, -0.2) is 15.0 Å². The molecular weight excluding hydrogens is 164 g/mol. The number of aromatic amines is 1. The van der Waals surface area contributed by atoms with Gasteiger partial charge >= 0.3 is 0 Å². The van der Waals surface area contributed by atoms with Gasteiger partial charge in [0.2, 0.25) is 0 Å². The van der Waals surface area contributed by atoms with Gasteiger partial charge in [-0.1, -0.05) is 13.8 Å². The van der Waals surface area contributed by atoms with Crippen molar-refractivity contribution < 1.29 is 1.43 Å². The molecule has 0 aliphatic heterocycles. The Morgan fingerprint density at radius 2 is 2.15 bits per heavy atom. The van der Waals surface area contributed by atoms with Gasteiger partial charge < -0.3 is 4.98 Å². The van der Waals surface area contributed by atoms with Gasteiger partial charge in [0, 0.05) is 7.34 Å². The second kappa shape index (κ2) is 2.80. The van der Waals surface area contributed by atoms with Gasteiger partial charge in [-0.3, -0.25) is 0 Å². The summed E-state index contributed by atoms with van der Waals surface area (Å²) in [5.74, 6) is 2.12. The maximum Gasteiger partial charge on any atom is 0.181 e. The summed E-state index contributed by atoms with van der Waals surface area (Å²) in [6.45, 7) is 6.05. The van der Waals surface area contributed by atoms with Crippen LogP contribution in [-0.4, -0.2) is 19.9 Å². The molecule has 0 aromatic carbocycles. The van der Waals surface area contributed by atoms with Gasteiger partial charge in [0.05, 0.1) is 6.20 Å². The predicted octanol–water partition coefficient (Wildman–Crippen LogP) is 2.03. The normalized spacial score (nSPS) is 11.4. The third kappa shape index (κ3) is 1.39. The highest BCUT2D eigenvalue weighted by atomic mass is 15.0. The fraction of sp³-hybridized carbons (Fsp3) is 0.444. The fourth-order valence-corrected chi connectivity index (χ4v) is 1.18. The lowest BCUT2D eigenvalue weighted by molar-refractivity contribution is 0.798. The first-order chi connectivity index (χ1) is 6.16. The highest BCUT2D eigenvalue weighted by Gasteiger charge is 2.06. The molecule has 0 unspecified atom stereocenters. The van der Waals surface area contributed by atoms with Crippen LogP contribution >= 0.6 is 0 Å². The number of fused-ring (bicyclic) bond motifs is 1. The van der Waals surface area contributed by atoms with Crippen molar-refractivity contribution in [3.63, 3.8) is 0 Å². The third-order valence-corrected chi connectivity index (χ3v) is 1.93. The zero-order chi connectivity index (χ0) is 9.42. The van der Waals surface area contributed by atoms with Crippen LogP contribution in [0.4, 0.5) is 0 Å². The summed E-state index contributed by atoms with van der Waals surface area (Å²) in [6, 6.07) is 0. The Balaban J connectivity index is 0.000000980. The van der Waals surface area contributed by atoms with E-state index in [4.69, 9.17) is 0 Å². The Kier molecular flexibility index (Phi) is 1.76. The summed E-state index contributed by atoms with van der Waals surface area (Å²) < 4.78 is 0. The second-order valence-electron chi connectivity index (χ2n) is 3.43. The Hall–Kier alpha value is -1.45. The molecule has 0 radical (unpaired) electrons. The topological polar surface area (TPSA) is 54.5 Å². The molecule has 0 saturated heterocycles. The Labute approximate surface area is 77.9 Å². The van der Waals surface area contributed by atoms with Crippen molar-refractivity contribution in [3.05, 3.63) is 17.8 Å². The quantitative estimate of drug-likeness (QED) is 0.727. The van der Waals surface area contributed by atoms with Crippen molar-refractivity contribution in [2.45, 2.75) is 26.7 Å². The van der Waals surface area contributed by atoms with Gasteiger partial charge in [0.15, 0.2) is 5.65 Å². The number of nitrogens with one attached hydrogen (secondary N) is 1. The average Bonchev–Trinajstić information content (AvgIpc) is 2.46. The Bertz CT molecular complexity index is 435. The van der Waals surface area contributed by atoms with Gasteiger partial charge in [-0.2, -0.15) is 0 Å². The first-order valence-electron chi connectivity index (χ1n) is 4.36. The Morgan fingerprint density at radius 3 is 2.85 bits per heavy atom. The van der Waals surface area contributed by atoms with E-state index in [-0.39, 0.29) is 1.43 Å². The molecule has 0 aliphatic rings. The molecule has 2 aromatic rings. The van der Waals surface area contributed by atoms with Crippen LogP contribution in [0.3, 0.4) is 0 Å². The van der Waals surface area contributed by atoms with E-state index in [1.807, 2.05) is 6.92 Å². The van der Waals surface area contributed by atoms with Crippen LogP contribution in [0.25, 0.3) is 11.2 Å². The van der Waals surface area contributed by atoms with Crippen LogP contribution in [0.15, 0.2) is 6.20 Å². The molecule has 4 nitrogen and oxygen atoms in total. The minimum atomic E-state index is 0. The number of H-pyrrole nitrogens is 1. The monoisotopic (exact) mass is 178 g/mol. The van der Waals surface area contributed by atoms with E-state index in [9.17, 15) is 0 Å². The SMILES string of the molecule is Cc1ncc2[nH]c(C(C)C)nc2n1.[HH]. The fourth-order valence-electron chi connectivity index (χ4n) is 1.18. The van der Waals surface area contributed by atoms with E-state index in [1.54, 1.807) is 6.20 Å². The van der Waals surface area contributed by atoms with E-state index in [0.29, 0.717) is 5.92 Å². The van der Waals surface area contributed by atoms with Crippen LogP contribution < -0.4 is 0 Å².